The lowest BCUT2D eigenvalue weighted by molar-refractivity contribution is -0.113. The highest BCUT2D eigenvalue weighted by Gasteiger charge is 2.22. The lowest BCUT2D eigenvalue weighted by Gasteiger charge is -2.26. The molecule has 3 aromatic carbocycles. The van der Waals surface area contributed by atoms with Crippen molar-refractivity contribution >= 4 is 52.0 Å². The number of imidazole rings is 1. The van der Waals surface area contributed by atoms with Gasteiger partial charge in [0.1, 0.15) is 22.2 Å². The second kappa shape index (κ2) is 18.3. The van der Waals surface area contributed by atoms with Gasteiger partial charge in [0.2, 0.25) is 5.95 Å². The van der Waals surface area contributed by atoms with Crippen LogP contribution in [-0.2, 0) is 23.8 Å². The number of anilines is 4. The summed E-state index contributed by atoms with van der Waals surface area (Å²) in [5.74, 6) is 0.154. The fourth-order valence-corrected chi connectivity index (χ4v) is 7.37. The molecule has 7 rings (SSSR count). The van der Waals surface area contributed by atoms with Gasteiger partial charge >= 0.3 is 0 Å². The third-order valence-corrected chi connectivity index (χ3v) is 10.7. The highest BCUT2D eigenvalue weighted by Crippen LogP contribution is 2.38. The number of aromatic nitrogens is 7. The number of likely N-dealkylation sites (N-methyl/N-ethyl adjacent to an activating group) is 2. The Morgan fingerprint density at radius 2 is 1.77 bits per heavy atom. The Morgan fingerprint density at radius 1 is 0.984 bits per heavy atom. The molecule has 1 amide bonds. The van der Waals surface area contributed by atoms with Crippen molar-refractivity contribution < 1.29 is 14.6 Å². The second-order valence-corrected chi connectivity index (χ2v) is 16.9. The summed E-state index contributed by atoms with van der Waals surface area (Å²) >= 11 is 0. The summed E-state index contributed by atoms with van der Waals surface area (Å²) in [6, 6.07) is 19.8. The molecule has 0 radical (unpaired) electrons. The van der Waals surface area contributed by atoms with Gasteiger partial charge in [-0.1, -0.05) is 57.7 Å². The molecule has 4 aromatic heterocycles. The number of aryl methyl sites for hydroxylation is 1. The number of methoxy groups -OCH3 is 1. The standard InChI is InChI=1S/C48H53N11O5/c1-29(26-59-41(22-30-13-12-14-31(60)21-30)45(62)53-38(46(59)63)24-37-43(48(2,3)4)51-28-50-37)44(61)52-35-23-36(42(64-9)25-40(35)57(7)20-19-56(5)6)55-47-49-18-17-34(54-47)33-27-58(8)39-16-11-10-15-32(33)39/h10-18,21-25,27-28,60H,1,19-20,26H2,2-9H3,(H,50,51)(H,52,61)(H,53,62)(H,49,54,55)/b38-24-,41-22-. The smallest absolute Gasteiger partial charge is 0.275 e. The van der Waals surface area contributed by atoms with Crippen LogP contribution >= 0.6 is 0 Å². The van der Waals surface area contributed by atoms with Crippen molar-refractivity contribution in [3.63, 3.8) is 0 Å². The van der Waals surface area contributed by atoms with Gasteiger partial charge < -0.3 is 44.8 Å². The van der Waals surface area contributed by atoms with Crippen molar-refractivity contribution in [3.05, 3.63) is 146 Å². The van der Waals surface area contributed by atoms with Gasteiger partial charge in [-0.3, -0.25) is 19.0 Å². The van der Waals surface area contributed by atoms with E-state index in [-0.39, 0.29) is 34.0 Å². The lowest BCUT2D eigenvalue weighted by atomic mass is 9.90. The van der Waals surface area contributed by atoms with E-state index in [9.17, 15) is 19.5 Å². The van der Waals surface area contributed by atoms with E-state index < -0.39 is 17.0 Å². The first kappa shape index (κ1) is 44.3. The van der Waals surface area contributed by atoms with Crippen LogP contribution in [0.1, 0.15) is 37.7 Å². The third-order valence-electron chi connectivity index (χ3n) is 10.7. The van der Waals surface area contributed by atoms with Crippen LogP contribution in [-0.4, -0.2) is 91.3 Å². The van der Waals surface area contributed by atoms with Gasteiger partial charge in [0.25, 0.3) is 17.0 Å². The zero-order chi connectivity index (χ0) is 45.9. The van der Waals surface area contributed by atoms with Crippen LogP contribution in [0.15, 0.2) is 107 Å². The van der Waals surface area contributed by atoms with E-state index in [1.807, 2.05) is 84.3 Å². The summed E-state index contributed by atoms with van der Waals surface area (Å²) in [5.41, 5.74) is 4.42. The number of aromatic hydroxyl groups is 1. The van der Waals surface area contributed by atoms with Gasteiger partial charge in [-0.05, 0) is 62.1 Å². The molecule has 0 bridgehead atoms. The predicted octanol–water partition coefficient (Wildman–Crippen LogP) is 4.81. The van der Waals surface area contributed by atoms with Crippen LogP contribution in [0.2, 0.25) is 0 Å². The number of phenolic OH excluding ortho intramolecular Hbond substituents is 1. The number of nitrogens with zero attached hydrogens (tertiary/aromatic N) is 7. The largest absolute Gasteiger partial charge is 0.508 e. The molecule has 16 heteroatoms. The summed E-state index contributed by atoms with van der Waals surface area (Å²) in [4.78, 5) is 66.2. The van der Waals surface area contributed by atoms with E-state index in [0.29, 0.717) is 58.8 Å². The summed E-state index contributed by atoms with van der Waals surface area (Å²) in [7, 11) is 9.42. The minimum absolute atomic E-state index is 0.0160. The van der Waals surface area contributed by atoms with E-state index in [2.05, 4.69) is 58.7 Å². The maximum Gasteiger partial charge on any atom is 0.275 e. The number of amides is 1. The average Bonchev–Trinajstić information content (AvgIpc) is 3.87. The molecule has 0 atom stereocenters. The molecule has 0 aliphatic heterocycles. The van der Waals surface area contributed by atoms with Crippen molar-refractivity contribution in [1.82, 2.24) is 39.0 Å². The molecule has 0 fully saturated rings. The third kappa shape index (κ3) is 9.66. The van der Waals surface area contributed by atoms with E-state index >= 15 is 0 Å². The van der Waals surface area contributed by atoms with Crippen LogP contribution in [0.3, 0.4) is 0 Å². The first-order chi connectivity index (χ1) is 30.5. The number of fused-ring (bicyclic) bond motifs is 1. The monoisotopic (exact) mass is 863 g/mol. The number of ether oxygens (including phenoxy) is 1. The predicted molar refractivity (Wildman–Crippen MR) is 253 cm³/mol. The average molecular weight is 864 g/mol. The van der Waals surface area contributed by atoms with Gasteiger partial charge in [0, 0.05) is 78.8 Å². The van der Waals surface area contributed by atoms with Crippen LogP contribution < -0.4 is 42.1 Å². The molecule has 7 aromatic rings. The molecule has 0 saturated heterocycles. The van der Waals surface area contributed by atoms with Crippen LogP contribution in [0, 0.1) is 0 Å². The molecule has 330 valence electrons. The maximum atomic E-state index is 14.4. The Balaban J connectivity index is 1.27. The molecule has 0 aliphatic carbocycles. The Bertz CT molecular complexity index is 3130. The Morgan fingerprint density at radius 3 is 2.50 bits per heavy atom. The van der Waals surface area contributed by atoms with Crippen molar-refractivity contribution in [3.8, 4) is 22.8 Å². The maximum absolute atomic E-state index is 14.4. The normalized spacial score (nSPS) is 12.3. The quantitative estimate of drug-likeness (QED) is 0.0944. The number of hydrogen-bond donors (Lipinski definition) is 5. The van der Waals surface area contributed by atoms with Crippen LogP contribution in [0.25, 0.3) is 34.3 Å². The summed E-state index contributed by atoms with van der Waals surface area (Å²) in [6.07, 6.45) is 8.23. The number of para-hydroxylation sites is 1. The van der Waals surface area contributed by atoms with Crippen molar-refractivity contribution in [2.45, 2.75) is 32.7 Å². The number of carbonyl (C=O) groups excluding carboxylic acids is 1. The second-order valence-electron chi connectivity index (χ2n) is 16.9. The van der Waals surface area contributed by atoms with E-state index in [4.69, 9.17) is 9.72 Å². The molecule has 4 heterocycles. The SMILES string of the molecule is C=C(Cn1c(=O)/c(=C/c2nc[nH]c2C(C)(C)C)[nH]c(=O)/c1=C/c1cccc(O)c1)C(=O)Nc1cc(Nc2nccc(-c3cn(C)c4ccccc34)n2)c(OC)cc1N(C)CCN(C)C. The van der Waals surface area contributed by atoms with E-state index in [1.54, 1.807) is 31.5 Å². The fraction of sp³-hybridized carbons (Fsp3) is 0.250. The number of carbonyl (C=O) groups is 1. The molecule has 64 heavy (non-hydrogen) atoms. The molecule has 0 aliphatic rings. The number of H-pyrrole nitrogens is 2. The summed E-state index contributed by atoms with van der Waals surface area (Å²) < 4.78 is 9.13. The fourth-order valence-electron chi connectivity index (χ4n) is 7.37. The Labute approximate surface area is 369 Å². The van der Waals surface area contributed by atoms with Crippen LogP contribution in [0.5, 0.6) is 11.5 Å². The number of aromatic amines is 2. The number of benzene rings is 3. The molecule has 0 unspecified atom stereocenters. The van der Waals surface area contributed by atoms with Gasteiger partial charge in [0.05, 0.1) is 48.4 Å². The topological polar surface area (TPSA) is 191 Å². The number of phenols is 1. The summed E-state index contributed by atoms with van der Waals surface area (Å²) in [5, 5.41) is 17.5. The number of hydrogen-bond acceptors (Lipinski definition) is 11. The Kier molecular flexibility index (Phi) is 12.7. The van der Waals surface area contributed by atoms with Gasteiger partial charge in [-0.15, -0.1) is 0 Å². The molecule has 5 N–H and O–H groups in total. The van der Waals surface area contributed by atoms with Crippen LogP contribution in [0.4, 0.5) is 23.0 Å². The van der Waals surface area contributed by atoms with Gasteiger partial charge in [-0.25, -0.2) is 15.0 Å². The number of nitrogens with one attached hydrogen (secondary N) is 4. The molecular formula is C48H53N11O5. The minimum Gasteiger partial charge on any atom is -0.508 e. The zero-order valence-electron chi connectivity index (χ0n) is 37.3. The van der Waals surface area contributed by atoms with Gasteiger partial charge in [0.15, 0.2) is 0 Å². The molecule has 16 nitrogen and oxygen atoms in total. The number of rotatable bonds is 14. The minimum atomic E-state index is -0.601. The van der Waals surface area contributed by atoms with Gasteiger partial charge in [-0.2, -0.15) is 0 Å². The highest BCUT2D eigenvalue weighted by atomic mass is 16.5. The van der Waals surface area contributed by atoms with Crippen molar-refractivity contribution in [2.75, 3.05) is 56.9 Å². The lowest BCUT2D eigenvalue weighted by Crippen LogP contribution is -2.53. The van der Waals surface area contributed by atoms with E-state index in [1.165, 1.54) is 35.2 Å². The first-order valence-corrected chi connectivity index (χ1v) is 20.6. The first-order valence-electron chi connectivity index (χ1n) is 20.6. The molecule has 0 spiro atoms. The summed E-state index contributed by atoms with van der Waals surface area (Å²) in [6.45, 7) is 11.1. The molecule has 0 saturated carbocycles. The highest BCUT2D eigenvalue weighted by molar-refractivity contribution is 6.06. The zero-order valence-corrected chi connectivity index (χ0v) is 37.3. The van der Waals surface area contributed by atoms with Crippen molar-refractivity contribution in [2.24, 2.45) is 7.05 Å². The van der Waals surface area contributed by atoms with E-state index in [0.717, 1.165) is 22.2 Å². The Hall–Kier alpha value is -7.72. The van der Waals surface area contributed by atoms with Crippen molar-refractivity contribution in [1.29, 1.82) is 0 Å². The molecular weight excluding hydrogens is 811 g/mol.